The Kier molecular flexibility index (Phi) is 4.62. The van der Waals surface area contributed by atoms with Crippen molar-refractivity contribution in [1.29, 1.82) is 0 Å². The first-order chi connectivity index (χ1) is 12.5. The molecule has 4 rings (SSSR count). The van der Waals surface area contributed by atoms with Crippen LogP contribution < -0.4 is 10.9 Å². The topological polar surface area (TPSA) is 85.1 Å². The highest BCUT2D eigenvalue weighted by Crippen LogP contribution is 2.38. The van der Waals surface area contributed by atoms with Gasteiger partial charge in [0.05, 0.1) is 16.7 Å². The number of amides is 1. The number of benzene rings is 1. The van der Waals surface area contributed by atoms with Crippen LogP contribution in [0.15, 0.2) is 48.7 Å². The number of carbonyl (C=O) groups excluding carboxylic acids is 1. The molecule has 8 heteroatoms. The van der Waals surface area contributed by atoms with Crippen molar-refractivity contribution in [2.45, 2.75) is 25.3 Å². The molecule has 1 aliphatic carbocycles. The molecule has 0 saturated heterocycles. The van der Waals surface area contributed by atoms with Crippen LogP contribution in [-0.4, -0.2) is 15.9 Å². The molecule has 2 heterocycles. The van der Waals surface area contributed by atoms with E-state index >= 15 is 0 Å². The lowest BCUT2D eigenvalue weighted by molar-refractivity contribution is 0.0947. The average molecular weight is 479 g/mol. The van der Waals surface area contributed by atoms with Gasteiger partial charge in [0, 0.05) is 21.5 Å². The van der Waals surface area contributed by atoms with Gasteiger partial charge in [-0.2, -0.15) is 0 Å². The Bertz CT molecular complexity index is 1080. The van der Waals surface area contributed by atoms with E-state index in [1.807, 2.05) is 6.07 Å². The molecule has 0 aliphatic heterocycles. The monoisotopic (exact) mass is 477 g/mol. The Morgan fingerprint density at radius 1 is 1.19 bits per heavy atom. The molecule has 2 aromatic heterocycles. The fraction of sp³-hybridized carbons (Fsp3) is 0.222. The van der Waals surface area contributed by atoms with Gasteiger partial charge in [-0.3, -0.25) is 4.79 Å². The SMILES string of the molecule is O=C(NCc1cc(C2CC2)ncn1)c1cc2cc(Br)cc(Br)c2oc1=O. The summed E-state index contributed by atoms with van der Waals surface area (Å²) < 4.78 is 6.75. The van der Waals surface area contributed by atoms with E-state index in [-0.39, 0.29) is 12.1 Å². The molecule has 1 fully saturated rings. The summed E-state index contributed by atoms with van der Waals surface area (Å²) >= 11 is 6.73. The third-order valence-electron chi connectivity index (χ3n) is 4.17. The van der Waals surface area contributed by atoms with Crippen molar-refractivity contribution in [2.24, 2.45) is 0 Å². The van der Waals surface area contributed by atoms with Gasteiger partial charge in [-0.05, 0) is 53.0 Å². The third kappa shape index (κ3) is 3.57. The predicted molar refractivity (Wildman–Crippen MR) is 103 cm³/mol. The minimum atomic E-state index is -0.681. The molecule has 3 aromatic rings. The quantitative estimate of drug-likeness (QED) is 0.574. The van der Waals surface area contributed by atoms with E-state index in [0.717, 1.165) is 23.0 Å². The molecule has 132 valence electrons. The van der Waals surface area contributed by atoms with E-state index in [1.165, 1.54) is 12.4 Å². The fourth-order valence-corrected chi connectivity index (χ4v) is 4.03. The van der Waals surface area contributed by atoms with Crippen molar-refractivity contribution in [2.75, 3.05) is 0 Å². The summed E-state index contributed by atoms with van der Waals surface area (Å²) in [5.41, 5.74) is 1.40. The zero-order valence-corrected chi connectivity index (χ0v) is 16.6. The molecular formula is C18H13Br2N3O3. The number of fused-ring (bicyclic) bond motifs is 1. The minimum absolute atomic E-state index is 0.0426. The Hall–Kier alpha value is -2.06. The Balaban J connectivity index is 1.57. The van der Waals surface area contributed by atoms with Gasteiger partial charge in [0.15, 0.2) is 5.58 Å². The second-order valence-electron chi connectivity index (χ2n) is 6.14. The minimum Gasteiger partial charge on any atom is -0.421 e. The number of halogens is 2. The Labute approximate surface area is 165 Å². The molecule has 1 amide bonds. The van der Waals surface area contributed by atoms with E-state index in [1.54, 1.807) is 12.1 Å². The van der Waals surface area contributed by atoms with Crippen LogP contribution in [0.1, 0.15) is 40.5 Å². The van der Waals surface area contributed by atoms with Gasteiger partial charge in [0.1, 0.15) is 11.9 Å². The first-order valence-electron chi connectivity index (χ1n) is 8.03. The highest BCUT2D eigenvalue weighted by Gasteiger charge is 2.25. The first kappa shape index (κ1) is 17.4. The molecule has 1 aromatic carbocycles. The highest BCUT2D eigenvalue weighted by atomic mass is 79.9. The predicted octanol–water partition coefficient (Wildman–Crippen LogP) is 3.92. The van der Waals surface area contributed by atoms with E-state index in [0.29, 0.717) is 27.1 Å². The third-order valence-corrected chi connectivity index (χ3v) is 5.21. The lowest BCUT2D eigenvalue weighted by Crippen LogP contribution is -2.28. The van der Waals surface area contributed by atoms with Crippen LogP contribution in [0.5, 0.6) is 0 Å². The van der Waals surface area contributed by atoms with Crippen molar-refractivity contribution in [3.05, 3.63) is 66.9 Å². The van der Waals surface area contributed by atoms with Crippen molar-refractivity contribution < 1.29 is 9.21 Å². The van der Waals surface area contributed by atoms with Crippen LogP contribution >= 0.6 is 31.9 Å². The molecule has 1 saturated carbocycles. The summed E-state index contributed by atoms with van der Waals surface area (Å²) in [6.07, 6.45) is 3.80. The van der Waals surface area contributed by atoms with Crippen LogP contribution in [-0.2, 0) is 6.54 Å². The van der Waals surface area contributed by atoms with Crippen molar-refractivity contribution in [3.8, 4) is 0 Å². The summed E-state index contributed by atoms with van der Waals surface area (Å²) in [4.78, 5) is 33.1. The molecular weight excluding hydrogens is 466 g/mol. The smallest absolute Gasteiger partial charge is 0.349 e. The molecule has 0 atom stereocenters. The van der Waals surface area contributed by atoms with Crippen LogP contribution in [0.3, 0.4) is 0 Å². The lowest BCUT2D eigenvalue weighted by atomic mass is 10.1. The van der Waals surface area contributed by atoms with Crippen molar-refractivity contribution >= 4 is 48.7 Å². The van der Waals surface area contributed by atoms with Crippen LogP contribution in [0.4, 0.5) is 0 Å². The van der Waals surface area contributed by atoms with Crippen molar-refractivity contribution in [1.82, 2.24) is 15.3 Å². The molecule has 26 heavy (non-hydrogen) atoms. The largest absolute Gasteiger partial charge is 0.421 e. The number of hydrogen-bond acceptors (Lipinski definition) is 5. The van der Waals surface area contributed by atoms with Gasteiger partial charge in [0.25, 0.3) is 5.91 Å². The number of carbonyl (C=O) groups is 1. The molecule has 0 radical (unpaired) electrons. The van der Waals surface area contributed by atoms with Gasteiger partial charge < -0.3 is 9.73 Å². The zero-order chi connectivity index (χ0) is 18.3. The normalized spacial score (nSPS) is 13.8. The maximum atomic E-state index is 12.4. The lowest BCUT2D eigenvalue weighted by Gasteiger charge is -2.07. The van der Waals surface area contributed by atoms with Gasteiger partial charge in [-0.1, -0.05) is 15.9 Å². The van der Waals surface area contributed by atoms with Gasteiger partial charge in [0.2, 0.25) is 0 Å². The second kappa shape index (κ2) is 6.92. The standard InChI is InChI=1S/C18H13Br2N3O3/c19-11-3-10-4-13(18(25)26-16(10)14(20)5-11)17(24)21-7-12-6-15(9-1-2-9)23-8-22-12/h3-6,8-9H,1-2,7H2,(H,21,24). The van der Waals surface area contributed by atoms with Gasteiger partial charge >= 0.3 is 5.63 Å². The molecule has 0 spiro atoms. The molecule has 0 bridgehead atoms. The summed E-state index contributed by atoms with van der Waals surface area (Å²) in [5.74, 6) is 0.0141. The maximum Gasteiger partial charge on any atom is 0.349 e. The Morgan fingerprint density at radius 2 is 2.00 bits per heavy atom. The number of rotatable bonds is 4. The number of aromatic nitrogens is 2. The summed E-state index contributed by atoms with van der Waals surface area (Å²) in [7, 11) is 0. The van der Waals surface area contributed by atoms with E-state index in [4.69, 9.17) is 4.42 Å². The molecule has 1 N–H and O–H groups in total. The summed E-state index contributed by atoms with van der Waals surface area (Å²) in [6.45, 7) is 0.223. The van der Waals surface area contributed by atoms with Crippen LogP contribution in [0.2, 0.25) is 0 Å². The molecule has 6 nitrogen and oxygen atoms in total. The van der Waals surface area contributed by atoms with Crippen LogP contribution in [0.25, 0.3) is 11.0 Å². The van der Waals surface area contributed by atoms with Crippen molar-refractivity contribution in [3.63, 3.8) is 0 Å². The van der Waals surface area contributed by atoms with Gasteiger partial charge in [-0.15, -0.1) is 0 Å². The zero-order valence-electron chi connectivity index (χ0n) is 13.5. The molecule has 1 aliphatic rings. The summed E-state index contributed by atoms with van der Waals surface area (Å²) in [5, 5.41) is 3.37. The maximum absolute atomic E-state index is 12.4. The average Bonchev–Trinajstić information content (AvgIpc) is 3.45. The highest BCUT2D eigenvalue weighted by molar-refractivity contribution is 9.11. The summed E-state index contributed by atoms with van der Waals surface area (Å²) in [6, 6.07) is 6.99. The van der Waals surface area contributed by atoms with E-state index in [2.05, 4.69) is 47.1 Å². The Morgan fingerprint density at radius 3 is 2.77 bits per heavy atom. The fourth-order valence-electron chi connectivity index (χ4n) is 2.70. The van der Waals surface area contributed by atoms with Crippen LogP contribution in [0, 0.1) is 0 Å². The number of nitrogens with zero attached hydrogens (tertiary/aromatic N) is 2. The second-order valence-corrected chi connectivity index (χ2v) is 7.91. The molecule has 0 unspecified atom stereocenters. The number of nitrogens with one attached hydrogen (secondary N) is 1. The van der Waals surface area contributed by atoms with Gasteiger partial charge in [-0.25, -0.2) is 14.8 Å². The van der Waals surface area contributed by atoms with E-state index < -0.39 is 11.5 Å². The number of hydrogen-bond donors (Lipinski definition) is 1. The first-order valence-corrected chi connectivity index (χ1v) is 9.62. The van der Waals surface area contributed by atoms with E-state index in [9.17, 15) is 9.59 Å².